The maximum atomic E-state index is 12.4. The van der Waals surface area contributed by atoms with Crippen LogP contribution in [-0.4, -0.2) is 18.5 Å². The van der Waals surface area contributed by atoms with Crippen LogP contribution >= 0.6 is 34.5 Å². The number of nitrogens with one attached hydrogen (secondary N) is 1. The number of carbonyl (C=O) groups excluding carboxylic acids is 2. The number of rotatable bonds is 5. The molecule has 27 heavy (non-hydrogen) atoms. The van der Waals surface area contributed by atoms with E-state index in [0.29, 0.717) is 32.8 Å². The minimum Gasteiger partial charge on any atom is -0.462 e. The molecule has 7 heteroatoms. The van der Waals surface area contributed by atoms with Gasteiger partial charge in [-0.05, 0) is 56.4 Å². The largest absolute Gasteiger partial charge is 0.462 e. The highest BCUT2D eigenvalue weighted by Crippen LogP contribution is 2.38. The molecular weight excluding hydrogens is 405 g/mol. The lowest BCUT2D eigenvalue weighted by molar-refractivity contribution is -0.111. The Labute approximate surface area is 172 Å². The molecule has 0 unspecified atom stereocenters. The summed E-state index contributed by atoms with van der Waals surface area (Å²) >= 11 is 13.7. The van der Waals surface area contributed by atoms with Crippen molar-refractivity contribution in [2.75, 3.05) is 11.9 Å². The fourth-order valence-corrected chi connectivity index (χ4v) is 4.86. The van der Waals surface area contributed by atoms with Crippen LogP contribution in [0.3, 0.4) is 0 Å². The Morgan fingerprint density at radius 3 is 2.63 bits per heavy atom. The zero-order chi connectivity index (χ0) is 19.4. The number of esters is 1. The Morgan fingerprint density at radius 2 is 1.93 bits per heavy atom. The van der Waals surface area contributed by atoms with E-state index in [-0.39, 0.29) is 11.9 Å². The van der Waals surface area contributed by atoms with E-state index in [9.17, 15) is 9.59 Å². The summed E-state index contributed by atoms with van der Waals surface area (Å²) in [4.78, 5) is 26.0. The van der Waals surface area contributed by atoms with Gasteiger partial charge in [-0.15, -0.1) is 11.3 Å². The highest BCUT2D eigenvalue weighted by molar-refractivity contribution is 7.17. The van der Waals surface area contributed by atoms with Crippen molar-refractivity contribution in [3.05, 3.63) is 55.9 Å². The molecule has 1 N–H and O–H groups in total. The molecule has 1 amide bonds. The van der Waals surface area contributed by atoms with Crippen molar-refractivity contribution in [3.8, 4) is 0 Å². The van der Waals surface area contributed by atoms with Gasteiger partial charge in [0.1, 0.15) is 5.00 Å². The van der Waals surface area contributed by atoms with Gasteiger partial charge in [-0.1, -0.05) is 29.3 Å². The Hall–Kier alpha value is -1.82. The topological polar surface area (TPSA) is 55.4 Å². The number of benzene rings is 1. The molecule has 4 nitrogen and oxygen atoms in total. The molecule has 0 fully saturated rings. The van der Waals surface area contributed by atoms with Gasteiger partial charge in [-0.2, -0.15) is 0 Å². The number of hydrogen-bond donors (Lipinski definition) is 1. The number of amides is 1. The van der Waals surface area contributed by atoms with Crippen LogP contribution < -0.4 is 5.32 Å². The van der Waals surface area contributed by atoms with Crippen molar-refractivity contribution in [2.45, 2.75) is 32.6 Å². The summed E-state index contributed by atoms with van der Waals surface area (Å²) in [6.07, 6.45) is 6.81. The zero-order valence-corrected chi connectivity index (χ0v) is 17.1. The molecule has 1 aliphatic carbocycles. The van der Waals surface area contributed by atoms with E-state index in [2.05, 4.69) is 5.32 Å². The number of aryl methyl sites for hydroxylation is 1. The maximum absolute atomic E-state index is 12.4. The summed E-state index contributed by atoms with van der Waals surface area (Å²) in [5.41, 5.74) is 2.08. The van der Waals surface area contributed by atoms with Crippen LogP contribution in [0.15, 0.2) is 24.3 Å². The summed E-state index contributed by atoms with van der Waals surface area (Å²) < 4.78 is 5.20. The molecule has 3 rings (SSSR count). The zero-order valence-electron chi connectivity index (χ0n) is 14.8. The average molecular weight is 424 g/mol. The van der Waals surface area contributed by atoms with Crippen LogP contribution in [0, 0.1) is 0 Å². The van der Waals surface area contributed by atoms with E-state index in [4.69, 9.17) is 27.9 Å². The molecule has 0 spiro atoms. The van der Waals surface area contributed by atoms with Crippen molar-refractivity contribution in [1.29, 1.82) is 0 Å². The number of anilines is 1. The summed E-state index contributed by atoms with van der Waals surface area (Å²) in [6.45, 7) is 2.06. The van der Waals surface area contributed by atoms with Gasteiger partial charge in [0.15, 0.2) is 0 Å². The number of halogens is 2. The summed E-state index contributed by atoms with van der Waals surface area (Å²) in [5, 5.41) is 4.29. The molecular formula is C20H19Cl2NO3S. The van der Waals surface area contributed by atoms with Crippen LogP contribution in [0.25, 0.3) is 6.08 Å². The SMILES string of the molecule is CCOC(=O)c1c(NC(=O)C=Cc2c(Cl)cccc2Cl)sc2c1CCCC2. The molecule has 2 aromatic rings. The fraction of sp³-hybridized carbons (Fsp3) is 0.300. The fourth-order valence-electron chi connectivity index (χ4n) is 3.06. The first-order valence-electron chi connectivity index (χ1n) is 8.76. The minimum atomic E-state index is -0.384. The van der Waals surface area contributed by atoms with E-state index >= 15 is 0 Å². The summed E-state index contributed by atoms with van der Waals surface area (Å²) in [5.74, 6) is -0.736. The number of fused-ring (bicyclic) bond motifs is 1. The van der Waals surface area contributed by atoms with E-state index in [1.165, 1.54) is 17.4 Å². The molecule has 1 heterocycles. The average Bonchev–Trinajstić information content (AvgIpc) is 2.99. The third-order valence-electron chi connectivity index (χ3n) is 4.29. The van der Waals surface area contributed by atoms with Crippen LogP contribution in [0.1, 0.15) is 46.1 Å². The van der Waals surface area contributed by atoms with Gasteiger partial charge in [0.05, 0.1) is 12.2 Å². The molecule has 0 radical (unpaired) electrons. The monoisotopic (exact) mass is 423 g/mol. The minimum absolute atomic E-state index is 0.293. The normalized spacial score (nSPS) is 13.4. The highest BCUT2D eigenvalue weighted by atomic mass is 35.5. The van der Waals surface area contributed by atoms with Crippen LogP contribution in [0.5, 0.6) is 0 Å². The van der Waals surface area contributed by atoms with Gasteiger partial charge in [-0.3, -0.25) is 4.79 Å². The lowest BCUT2D eigenvalue weighted by Crippen LogP contribution is -2.14. The Bertz CT molecular complexity index is 885. The summed E-state index contributed by atoms with van der Waals surface area (Å²) in [7, 11) is 0. The van der Waals surface area contributed by atoms with Gasteiger partial charge >= 0.3 is 5.97 Å². The van der Waals surface area contributed by atoms with Crippen LogP contribution in [0.2, 0.25) is 10.0 Å². The second kappa shape index (κ2) is 8.91. The van der Waals surface area contributed by atoms with Crippen molar-refractivity contribution < 1.29 is 14.3 Å². The number of hydrogen-bond acceptors (Lipinski definition) is 4. The Kier molecular flexibility index (Phi) is 6.58. The van der Waals surface area contributed by atoms with Crippen molar-refractivity contribution >= 4 is 57.5 Å². The quantitative estimate of drug-likeness (QED) is 0.490. The first-order valence-corrected chi connectivity index (χ1v) is 10.3. The molecule has 142 valence electrons. The lowest BCUT2D eigenvalue weighted by Gasteiger charge is -2.12. The smallest absolute Gasteiger partial charge is 0.341 e. The maximum Gasteiger partial charge on any atom is 0.341 e. The van der Waals surface area contributed by atoms with E-state index in [0.717, 1.165) is 36.1 Å². The van der Waals surface area contributed by atoms with Crippen molar-refractivity contribution in [2.24, 2.45) is 0 Å². The van der Waals surface area contributed by atoms with Gasteiger partial charge in [0.2, 0.25) is 5.91 Å². The van der Waals surface area contributed by atoms with Gasteiger partial charge in [0, 0.05) is 26.6 Å². The number of ether oxygens (including phenoxy) is 1. The summed E-state index contributed by atoms with van der Waals surface area (Å²) in [6, 6.07) is 5.15. The molecule has 1 aromatic carbocycles. The highest BCUT2D eigenvalue weighted by Gasteiger charge is 2.26. The van der Waals surface area contributed by atoms with Crippen LogP contribution in [-0.2, 0) is 22.4 Å². The van der Waals surface area contributed by atoms with Gasteiger partial charge in [-0.25, -0.2) is 4.79 Å². The van der Waals surface area contributed by atoms with Gasteiger partial charge < -0.3 is 10.1 Å². The molecule has 0 atom stereocenters. The first kappa shape index (κ1) is 19.9. The standard InChI is InChI=1S/C20H19Cl2NO3S/c1-2-26-20(25)18-13-6-3-4-9-16(13)27-19(18)23-17(24)11-10-12-14(21)7-5-8-15(12)22/h5,7-8,10-11H,2-4,6,9H2,1H3,(H,23,24). The third-order valence-corrected chi connectivity index (χ3v) is 6.16. The van der Waals surface area contributed by atoms with Crippen LogP contribution in [0.4, 0.5) is 5.00 Å². The molecule has 1 aromatic heterocycles. The molecule has 0 saturated heterocycles. The van der Waals surface area contributed by atoms with E-state index < -0.39 is 0 Å². The Balaban J connectivity index is 1.84. The molecule has 1 aliphatic rings. The molecule has 0 aliphatic heterocycles. The number of thiophene rings is 1. The second-order valence-corrected chi connectivity index (χ2v) is 8.01. The van der Waals surface area contributed by atoms with Gasteiger partial charge in [0.25, 0.3) is 0 Å². The van der Waals surface area contributed by atoms with E-state index in [1.807, 2.05) is 0 Å². The second-order valence-electron chi connectivity index (χ2n) is 6.09. The Morgan fingerprint density at radius 1 is 1.22 bits per heavy atom. The number of carbonyl (C=O) groups is 2. The molecule has 0 saturated carbocycles. The van der Waals surface area contributed by atoms with Crippen molar-refractivity contribution in [3.63, 3.8) is 0 Å². The first-order chi connectivity index (χ1) is 13.0. The predicted molar refractivity (Wildman–Crippen MR) is 111 cm³/mol. The third kappa shape index (κ3) is 4.54. The lowest BCUT2D eigenvalue weighted by atomic mass is 9.95. The van der Waals surface area contributed by atoms with E-state index in [1.54, 1.807) is 31.2 Å². The molecule has 0 bridgehead atoms. The predicted octanol–water partition coefficient (Wildman–Crippen LogP) is 5.76. The van der Waals surface area contributed by atoms with Crippen molar-refractivity contribution in [1.82, 2.24) is 0 Å².